The molecule has 0 spiro atoms. The van der Waals surface area contributed by atoms with Crippen molar-refractivity contribution in [2.45, 2.75) is 46.5 Å². The van der Waals surface area contributed by atoms with Gasteiger partial charge in [0.25, 0.3) is 6.43 Å². The van der Waals surface area contributed by atoms with Gasteiger partial charge in [-0.15, -0.1) is 0 Å². The van der Waals surface area contributed by atoms with E-state index in [-0.39, 0.29) is 22.7 Å². The molecular weight excluding hydrogens is 381 g/mol. The van der Waals surface area contributed by atoms with E-state index in [1.165, 1.54) is 12.1 Å². The molecule has 0 N–H and O–H groups in total. The highest BCUT2D eigenvalue weighted by molar-refractivity contribution is 7.91. The molecule has 27 heavy (non-hydrogen) atoms. The van der Waals surface area contributed by atoms with Crippen LogP contribution >= 0.6 is 0 Å². The fourth-order valence-electron chi connectivity index (χ4n) is 2.41. The molecule has 0 bridgehead atoms. The summed E-state index contributed by atoms with van der Waals surface area (Å²) in [4.78, 5) is 0. The van der Waals surface area contributed by atoms with Crippen LogP contribution in [0.2, 0.25) is 0 Å². The van der Waals surface area contributed by atoms with Crippen molar-refractivity contribution in [2.24, 2.45) is 5.41 Å². The van der Waals surface area contributed by atoms with E-state index >= 15 is 0 Å². The van der Waals surface area contributed by atoms with Gasteiger partial charge in [0.15, 0.2) is 21.4 Å². The van der Waals surface area contributed by atoms with Crippen molar-refractivity contribution in [3.05, 3.63) is 29.6 Å². The van der Waals surface area contributed by atoms with Crippen molar-refractivity contribution < 1.29 is 31.1 Å². The van der Waals surface area contributed by atoms with E-state index in [1.807, 2.05) is 20.8 Å². The topological polar surface area (TPSA) is 52.6 Å². The number of hydrogen-bond acceptors (Lipinski definition) is 4. The minimum atomic E-state index is -3.33. The summed E-state index contributed by atoms with van der Waals surface area (Å²) in [5.74, 6) is -1.60. The van der Waals surface area contributed by atoms with E-state index in [0.29, 0.717) is 25.2 Å². The van der Waals surface area contributed by atoms with Gasteiger partial charge in [-0.3, -0.25) is 0 Å². The third-order valence-corrected chi connectivity index (χ3v) is 5.59. The first-order valence-electron chi connectivity index (χ1n) is 8.88. The Balaban J connectivity index is 2.58. The lowest BCUT2D eigenvalue weighted by molar-refractivity contribution is 0.0720. The van der Waals surface area contributed by atoms with E-state index < -0.39 is 34.6 Å². The molecule has 156 valence electrons. The molecule has 0 amide bonds. The van der Waals surface area contributed by atoms with E-state index in [1.54, 1.807) is 6.92 Å². The largest absolute Gasteiger partial charge is 0.485 e. The summed E-state index contributed by atoms with van der Waals surface area (Å²) in [7, 11) is -3.33. The summed E-state index contributed by atoms with van der Waals surface area (Å²) in [6.07, 6.45) is -2.32. The minimum absolute atomic E-state index is 0.00256. The van der Waals surface area contributed by atoms with E-state index in [0.717, 1.165) is 6.07 Å². The first kappa shape index (κ1) is 23.8. The second kappa shape index (κ2) is 10.3. The van der Waals surface area contributed by atoms with E-state index in [9.17, 15) is 21.6 Å². The fourth-order valence-corrected chi connectivity index (χ4v) is 4.09. The van der Waals surface area contributed by atoms with Crippen LogP contribution in [0.1, 0.15) is 45.6 Å². The van der Waals surface area contributed by atoms with Gasteiger partial charge in [0.05, 0.1) is 18.1 Å². The summed E-state index contributed by atoms with van der Waals surface area (Å²) in [5.41, 5.74) is 0.549. The molecule has 0 aliphatic carbocycles. The van der Waals surface area contributed by atoms with E-state index in [4.69, 9.17) is 9.47 Å². The first-order chi connectivity index (χ1) is 12.4. The molecule has 0 aliphatic rings. The Labute approximate surface area is 160 Å². The summed E-state index contributed by atoms with van der Waals surface area (Å²) in [5, 5.41) is 0. The highest BCUT2D eigenvalue weighted by Gasteiger charge is 2.19. The molecule has 0 saturated heterocycles. The van der Waals surface area contributed by atoms with Gasteiger partial charge < -0.3 is 9.47 Å². The average Bonchev–Trinajstić information content (AvgIpc) is 2.51. The van der Waals surface area contributed by atoms with E-state index in [2.05, 4.69) is 0 Å². The van der Waals surface area contributed by atoms with Crippen LogP contribution in [0.25, 0.3) is 0 Å². The highest BCUT2D eigenvalue weighted by atomic mass is 32.2. The van der Waals surface area contributed by atoms with Crippen LogP contribution in [-0.2, 0) is 14.6 Å². The van der Waals surface area contributed by atoms with Crippen LogP contribution in [0.5, 0.6) is 5.75 Å². The molecule has 1 aromatic carbocycles. The SMILES string of the molecule is C[C@@H](CS(=O)(=O)CCCOCC(C)(C)C)c1ccc(F)c(OCC(F)F)c1. The molecule has 0 unspecified atom stereocenters. The maximum absolute atomic E-state index is 13.6. The van der Waals surface area contributed by atoms with Gasteiger partial charge in [-0.1, -0.05) is 33.8 Å². The molecule has 1 rings (SSSR count). The Bertz CT molecular complexity index is 685. The Morgan fingerprint density at radius 2 is 1.85 bits per heavy atom. The first-order valence-corrected chi connectivity index (χ1v) is 10.7. The van der Waals surface area contributed by atoms with Gasteiger partial charge in [0, 0.05) is 6.61 Å². The standard InChI is InChI=1S/C19H29F3O4S/c1-14(12-27(23,24)9-5-8-25-13-19(2,3)4)15-6-7-16(20)17(10-15)26-11-18(21)22/h6-7,10,14,18H,5,8-9,11-13H2,1-4H3/t14-/m0/s1. The fraction of sp³-hybridized carbons (Fsp3) is 0.684. The average molecular weight is 410 g/mol. The number of benzene rings is 1. The molecule has 1 atom stereocenters. The molecule has 0 aromatic heterocycles. The zero-order chi connectivity index (χ0) is 20.7. The van der Waals surface area contributed by atoms with Crippen LogP contribution in [-0.4, -0.2) is 46.2 Å². The van der Waals surface area contributed by atoms with Gasteiger partial charge in [0.1, 0.15) is 6.61 Å². The summed E-state index contributed by atoms with van der Waals surface area (Å²) < 4.78 is 72.9. The molecular formula is C19H29F3O4S. The molecule has 4 nitrogen and oxygen atoms in total. The smallest absolute Gasteiger partial charge is 0.272 e. The molecule has 0 saturated carbocycles. The summed E-state index contributed by atoms with van der Waals surface area (Å²) in [6.45, 7) is 7.81. The van der Waals surface area contributed by atoms with Crippen molar-refractivity contribution >= 4 is 9.84 Å². The van der Waals surface area contributed by atoms with Crippen LogP contribution < -0.4 is 4.74 Å². The second-order valence-electron chi connectivity index (χ2n) is 7.87. The minimum Gasteiger partial charge on any atom is -0.485 e. The predicted molar refractivity (Wildman–Crippen MR) is 99.9 cm³/mol. The number of alkyl halides is 2. The third kappa shape index (κ3) is 10.0. The van der Waals surface area contributed by atoms with Crippen LogP contribution in [0.3, 0.4) is 0 Å². The zero-order valence-corrected chi connectivity index (χ0v) is 17.1. The monoisotopic (exact) mass is 410 g/mol. The Morgan fingerprint density at radius 1 is 1.19 bits per heavy atom. The van der Waals surface area contributed by atoms with Crippen LogP contribution in [0, 0.1) is 11.2 Å². The lowest BCUT2D eigenvalue weighted by Gasteiger charge is -2.18. The van der Waals surface area contributed by atoms with Gasteiger partial charge in [-0.2, -0.15) is 0 Å². The van der Waals surface area contributed by atoms with Crippen molar-refractivity contribution in [2.75, 3.05) is 31.3 Å². The van der Waals surface area contributed by atoms with Gasteiger partial charge >= 0.3 is 0 Å². The number of sulfone groups is 1. The molecule has 8 heteroatoms. The number of ether oxygens (including phenoxy) is 2. The zero-order valence-electron chi connectivity index (χ0n) is 16.3. The molecule has 0 aliphatic heterocycles. The predicted octanol–water partition coefficient (Wildman–Crippen LogP) is 4.44. The number of hydrogen-bond donors (Lipinski definition) is 0. The molecule has 1 aromatic rings. The lowest BCUT2D eigenvalue weighted by atomic mass is 9.99. The highest BCUT2D eigenvalue weighted by Crippen LogP contribution is 2.25. The number of rotatable bonds is 11. The number of halogens is 3. The van der Waals surface area contributed by atoms with Gasteiger partial charge in [-0.05, 0) is 35.4 Å². The Hall–Kier alpha value is -1.28. The molecule has 0 fully saturated rings. The maximum Gasteiger partial charge on any atom is 0.272 e. The third-order valence-electron chi connectivity index (χ3n) is 3.67. The van der Waals surface area contributed by atoms with Crippen molar-refractivity contribution in [3.8, 4) is 5.75 Å². The van der Waals surface area contributed by atoms with Crippen LogP contribution in [0.4, 0.5) is 13.2 Å². The van der Waals surface area contributed by atoms with Gasteiger partial charge in [-0.25, -0.2) is 21.6 Å². The molecule has 0 heterocycles. The Kier molecular flexibility index (Phi) is 9.08. The quantitative estimate of drug-likeness (QED) is 0.506. The maximum atomic E-state index is 13.6. The normalized spacial score (nSPS) is 13.8. The summed E-state index contributed by atoms with van der Waals surface area (Å²) >= 11 is 0. The van der Waals surface area contributed by atoms with Crippen molar-refractivity contribution in [1.29, 1.82) is 0 Å². The van der Waals surface area contributed by atoms with Gasteiger partial charge in [0.2, 0.25) is 0 Å². The van der Waals surface area contributed by atoms with Crippen LogP contribution in [0.15, 0.2) is 18.2 Å². The lowest BCUT2D eigenvalue weighted by Crippen LogP contribution is -2.19. The summed E-state index contributed by atoms with van der Waals surface area (Å²) in [6, 6.07) is 3.82. The molecule has 0 radical (unpaired) electrons. The van der Waals surface area contributed by atoms with Crippen molar-refractivity contribution in [1.82, 2.24) is 0 Å². The Morgan fingerprint density at radius 3 is 2.44 bits per heavy atom. The second-order valence-corrected chi connectivity index (χ2v) is 10.1. The van der Waals surface area contributed by atoms with Crippen molar-refractivity contribution in [3.63, 3.8) is 0 Å².